The number of rotatable bonds is 7. The van der Waals surface area contributed by atoms with Crippen molar-refractivity contribution in [1.29, 1.82) is 0 Å². The quantitative estimate of drug-likeness (QED) is 0.508. The Morgan fingerprint density at radius 3 is 2.76 bits per heavy atom. The average Bonchev–Trinajstić information content (AvgIpc) is 2.90. The van der Waals surface area contributed by atoms with Crippen molar-refractivity contribution in [3.05, 3.63) is 35.4 Å². The first-order valence-electron chi connectivity index (χ1n) is 8.53. The van der Waals surface area contributed by atoms with E-state index < -0.39 is 0 Å². The Bertz CT molecular complexity index is 707. The van der Waals surface area contributed by atoms with Gasteiger partial charge in [0.2, 0.25) is 11.0 Å². The molecule has 0 aliphatic heterocycles. The second kappa shape index (κ2) is 8.81. The van der Waals surface area contributed by atoms with Crippen LogP contribution in [0.2, 0.25) is 0 Å². The Morgan fingerprint density at radius 2 is 2.08 bits per heavy atom. The van der Waals surface area contributed by atoms with Crippen LogP contribution in [0.5, 0.6) is 0 Å². The highest BCUT2D eigenvalue weighted by molar-refractivity contribution is 8.00. The lowest BCUT2D eigenvalue weighted by molar-refractivity contribution is -0.117. The first-order chi connectivity index (χ1) is 11.7. The zero-order chi connectivity index (χ0) is 18.4. The van der Waals surface area contributed by atoms with Crippen LogP contribution in [0.3, 0.4) is 0 Å². The number of carbonyl (C=O) groups is 1. The van der Waals surface area contributed by atoms with Gasteiger partial charge < -0.3 is 5.32 Å². The van der Waals surface area contributed by atoms with Gasteiger partial charge in [-0.05, 0) is 30.2 Å². The van der Waals surface area contributed by atoms with Crippen LogP contribution in [0.15, 0.2) is 28.6 Å². The maximum Gasteiger partial charge on any atom is 0.226 e. The summed E-state index contributed by atoms with van der Waals surface area (Å²) in [5, 5.41) is 11.7. The number of nitrogens with zero attached hydrogens (tertiary/aromatic N) is 2. The maximum absolute atomic E-state index is 12.2. The molecule has 0 unspecified atom stereocenters. The van der Waals surface area contributed by atoms with Crippen LogP contribution in [-0.4, -0.2) is 16.1 Å². The molecule has 1 heterocycles. The van der Waals surface area contributed by atoms with Crippen molar-refractivity contribution in [3.8, 4) is 0 Å². The highest BCUT2D eigenvalue weighted by atomic mass is 32.2. The molecule has 2 aromatic rings. The third-order valence-electron chi connectivity index (χ3n) is 3.59. The minimum absolute atomic E-state index is 0.0168. The molecular formula is C19H27N3OS2. The average molecular weight is 378 g/mol. The molecule has 1 atom stereocenters. The number of amides is 1. The lowest BCUT2D eigenvalue weighted by Crippen LogP contribution is -2.18. The summed E-state index contributed by atoms with van der Waals surface area (Å²) in [5.74, 6) is 1.22. The zero-order valence-corrected chi connectivity index (χ0v) is 17.3. The second-order valence-electron chi connectivity index (χ2n) is 7.77. The highest BCUT2D eigenvalue weighted by Gasteiger charge is 2.18. The summed E-state index contributed by atoms with van der Waals surface area (Å²) in [6, 6.07) is 8.44. The third kappa shape index (κ3) is 7.57. The van der Waals surface area contributed by atoms with Crippen LogP contribution in [0.25, 0.3) is 0 Å². The van der Waals surface area contributed by atoms with Gasteiger partial charge in [-0.2, -0.15) is 0 Å². The van der Waals surface area contributed by atoms with Gasteiger partial charge in [0.25, 0.3) is 0 Å². The predicted molar refractivity (Wildman–Crippen MR) is 107 cm³/mol. The van der Waals surface area contributed by atoms with E-state index in [0.29, 0.717) is 17.5 Å². The van der Waals surface area contributed by atoms with E-state index in [0.717, 1.165) is 16.5 Å². The zero-order valence-electron chi connectivity index (χ0n) is 15.6. The summed E-state index contributed by atoms with van der Waals surface area (Å²) in [6.07, 6.45) is 1.54. The van der Waals surface area contributed by atoms with Gasteiger partial charge in [-0.15, -0.1) is 10.2 Å². The van der Waals surface area contributed by atoms with Gasteiger partial charge in [-0.3, -0.25) is 4.79 Å². The van der Waals surface area contributed by atoms with Crippen LogP contribution in [-0.2, 0) is 10.5 Å². The molecule has 136 valence electrons. The largest absolute Gasteiger partial charge is 0.300 e. The van der Waals surface area contributed by atoms with Crippen molar-refractivity contribution < 1.29 is 4.79 Å². The van der Waals surface area contributed by atoms with Gasteiger partial charge in [-0.25, -0.2) is 0 Å². The predicted octanol–water partition coefficient (Wildman–Crippen LogP) is 5.54. The van der Waals surface area contributed by atoms with Crippen molar-refractivity contribution >= 4 is 34.1 Å². The van der Waals surface area contributed by atoms with E-state index in [1.165, 1.54) is 22.5 Å². The summed E-state index contributed by atoms with van der Waals surface area (Å²) < 4.78 is 0.875. The van der Waals surface area contributed by atoms with Crippen LogP contribution in [0.1, 0.15) is 51.7 Å². The van der Waals surface area contributed by atoms with E-state index in [-0.39, 0.29) is 11.3 Å². The number of anilines is 1. The molecule has 0 saturated heterocycles. The fraction of sp³-hybridized carbons (Fsp3) is 0.526. The van der Waals surface area contributed by atoms with Gasteiger partial charge in [0.05, 0.1) is 0 Å². The van der Waals surface area contributed by atoms with E-state index in [9.17, 15) is 4.79 Å². The van der Waals surface area contributed by atoms with Crippen LogP contribution < -0.4 is 5.32 Å². The highest BCUT2D eigenvalue weighted by Crippen LogP contribution is 2.29. The molecular weight excluding hydrogens is 350 g/mol. The van der Waals surface area contributed by atoms with Crippen molar-refractivity contribution in [1.82, 2.24) is 10.2 Å². The molecule has 0 bridgehead atoms. The molecule has 1 aromatic carbocycles. The number of benzene rings is 1. The third-order valence-corrected chi connectivity index (χ3v) is 5.64. The number of carbonyl (C=O) groups excluding carboxylic acids is 1. The number of aromatic nitrogens is 2. The summed E-state index contributed by atoms with van der Waals surface area (Å²) in [7, 11) is 0. The van der Waals surface area contributed by atoms with Crippen LogP contribution in [0.4, 0.5) is 5.13 Å². The smallest absolute Gasteiger partial charge is 0.226 e. The topological polar surface area (TPSA) is 54.9 Å². The van der Waals surface area contributed by atoms with Crippen LogP contribution >= 0.6 is 23.1 Å². The Labute approximate surface area is 158 Å². The molecule has 0 aliphatic rings. The lowest BCUT2D eigenvalue weighted by Gasteiger charge is -2.22. The number of hydrogen-bond donors (Lipinski definition) is 1. The summed E-state index contributed by atoms with van der Waals surface area (Å²) in [4.78, 5) is 12.2. The molecule has 25 heavy (non-hydrogen) atoms. The Morgan fingerprint density at radius 1 is 1.32 bits per heavy atom. The van der Waals surface area contributed by atoms with Crippen molar-refractivity contribution in [2.45, 2.75) is 57.6 Å². The van der Waals surface area contributed by atoms with Crippen LogP contribution in [0, 0.1) is 18.3 Å². The second-order valence-corrected chi connectivity index (χ2v) is 9.97. The minimum Gasteiger partial charge on any atom is -0.300 e. The summed E-state index contributed by atoms with van der Waals surface area (Å²) in [6.45, 7) is 10.8. The molecule has 0 spiro atoms. The fourth-order valence-electron chi connectivity index (χ4n) is 2.87. The number of aryl methyl sites for hydroxylation is 1. The van der Waals surface area contributed by atoms with Crippen molar-refractivity contribution in [3.63, 3.8) is 0 Å². The monoisotopic (exact) mass is 377 g/mol. The Kier molecular flexibility index (Phi) is 7.02. The van der Waals surface area contributed by atoms with E-state index in [1.54, 1.807) is 11.8 Å². The molecule has 1 amide bonds. The molecule has 0 fully saturated rings. The van der Waals surface area contributed by atoms with Crippen molar-refractivity contribution in [2.75, 3.05) is 5.32 Å². The molecule has 0 aliphatic carbocycles. The van der Waals surface area contributed by atoms with Gasteiger partial charge in [0.1, 0.15) is 0 Å². The van der Waals surface area contributed by atoms with Gasteiger partial charge in [0.15, 0.2) is 4.34 Å². The van der Waals surface area contributed by atoms with E-state index >= 15 is 0 Å². The van der Waals surface area contributed by atoms with E-state index in [2.05, 4.69) is 74.4 Å². The van der Waals surface area contributed by atoms with Crippen molar-refractivity contribution in [2.24, 2.45) is 11.3 Å². The molecule has 6 heteroatoms. The van der Waals surface area contributed by atoms with Gasteiger partial charge in [-0.1, -0.05) is 80.6 Å². The molecule has 2 rings (SSSR count). The summed E-state index contributed by atoms with van der Waals surface area (Å²) in [5.41, 5.74) is 2.76. The lowest BCUT2D eigenvalue weighted by atomic mass is 9.84. The van der Waals surface area contributed by atoms with E-state index in [1.807, 2.05) is 0 Å². The molecule has 4 nitrogen and oxygen atoms in total. The minimum atomic E-state index is 0.0168. The number of thioether (sulfide) groups is 1. The standard InChI is InChI=1S/C19H27N3OS2/c1-13-7-6-8-15(9-13)12-24-18-22-21-17(25-18)20-16(23)10-14(2)11-19(3,4)5/h6-9,14H,10-12H2,1-5H3,(H,20,21,23)/t14-/m0/s1. The number of nitrogens with one attached hydrogen (secondary N) is 1. The van der Waals surface area contributed by atoms with Gasteiger partial charge in [0, 0.05) is 12.2 Å². The maximum atomic E-state index is 12.2. The summed E-state index contributed by atoms with van der Waals surface area (Å²) >= 11 is 3.08. The molecule has 0 saturated carbocycles. The first-order valence-corrected chi connectivity index (χ1v) is 10.3. The Balaban J connectivity index is 1.81. The molecule has 1 N–H and O–H groups in total. The normalized spacial score (nSPS) is 12.8. The number of hydrogen-bond acceptors (Lipinski definition) is 5. The SMILES string of the molecule is Cc1cccc(CSc2nnc(NC(=O)C[C@H](C)CC(C)(C)C)s2)c1. The Hall–Kier alpha value is -1.40. The fourth-order valence-corrected chi connectivity index (χ4v) is 4.58. The first kappa shape index (κ1) is 19.9. The molecule has 1 aromatic heterocycles. The van der Waals surface area contributed by atoms with E-state index in [4.69, 9.17) is 0 Å². The molecule has 0 radical (unpaired) electrons. The van der Waals surface area contributed by atoms with Gasteiger partial charge >= 0.3 is 0 Å².